The first kappa shape index (κ1) is 19.9. The molecule has 1 aromatic carbocycles. The van der Waals surface area contributed by atoms with Gasteiger partial charge in [-0.3, -0.25) is 0 Å². The number of nitrogens with zero attached hydrogens (tertiary/aromatic N) is 1. The Kier molecular flexibility index (Phi) is 4.71. The predicted octanol–water partition coefficient (Wildman–Crippen LogP) is 3.75. The van der Waals surface area contributed by atoms with Gasteiger partial charge in [0.15, 0.2) is 0 Å². The largest absolute Gasteiger partial charge is 0.489 e. The number of hydrogen-bond acceptors (Lipinski definition) is 4. The number of amides is 2. The summed E-state index contributed by atoms with van der Waals surface area (Å²) in [6.45, 7) is 0.320. The van der Waals surface area contributed by atoms with E-state index < -0.39 is 29.5 Å². The number of halogens is 4. The fourth-order valence-electron chi connectivity index (χ4n) is 4.22. The van der Waals surface area contributed by atoms with Crippen LogP contribution in [0.15, 0.2) is 18.2 Å². The monoisotopic (exact) mass is 434 g/mol. The molecule has 2 aliphatic heterocycles. The lowest BCUT2D eigenvalue weighted by Gasteiger charge is -2.54. The summed E-state index contributed by atoms with van der Waals surface area (Å²) < 4.78 is 48.8. The van der Waals surface area contributed by atoms with Crippen LogP contribution in [0.1, 0.15) is 24.8 Å². The Morgan fingerprint density at radius 2 is 2.14 bits per heavy atom. The fourth-order valence-corrected chi connectivity index (χ4v) is 4.45. The van der Waals surface area contributed by atoms with Gasteiger partial charge in [0.2, 0.25) is 0 Å². The van der Waals surface area contributed by atoms with Gasteiger partial charge in [0, 0.05) is 0 Å². The normalized spacial score (nSPS) is 31.0. The molecule has 1 aromatic rings. The number of hydrogen-bond donors (Lipinski definition) is 2. The molecule has 2 unspecified atom stereocenters. The van der Waals surface area contributed by atoms with Crippen molar-refractivity contribution >= 4 is 23.8 Å². The molecule has 2 N–H and O–H groups in total. The summed E-state index contributed by atoms with van der Waals surface area (Å²) in [7, 11) is 0. The van der Waals surface area contributed by atoms with Crippen molar-refractivity contribution in [3.63, 3.8) is 0 Å². The van der Waals surface area contributed by atoms with Crippen LogP contribution in [0.3, 0.4) is 0 Å². The first-order valence-electron chi connectivity index (χ1n) is 9.05. The second-order valence-corrected chi connectivity index (χ2v) is 8.15. The van der Waals surface area contributed by atoms with E-state index in [4.69, 9.17) is 21.1 Å². The number of nitrogens with one attached hydrogen (secondary N) is 1. The molecule has 2 atom stereocenters. The highest BCUT2D eigenvalue weighted by atomic mass is 35.5. The molecule has 7 nitrogen and oxygen atoms in total. The van der Waals surface area contributed by atoms with E-state index in [9.17, 15) is 27.9 Å². The molecule has 1 saturated carbocycles. The Morgan fingerprint density at radius 1 is 1.41 bits per heavy atom. The summed E-state index contributed by atoms with van der Waals surface area (Å²) in [5, 5.41) is 11.9. The number of alkyl carbamates (subject to hydrolysis) is 1. The molecule has 0 radical (unpaired) electrons. The number of alkyl halides is 3. The molecule has 1 aliphatic carbocycles. The zero-order valence-electron chi connectivity index (χ0n) is 15.0. The summed E-state index contributed by atoms with van der Waals surface area (Å²) in [5.74, 6) is 0.349. The molecular weight excluding hydrogens is 417 g/mol. The predicted molar refractivity (Wildman–Crippen MR) is 93.9 cm³/mol. The lowest BCUT2D eigenvalue weighted by atomic mass is 9.70. The first-order chi connectivity index (χ1) is 13.6. The number of rotatable bonds is 4. The maximum Gasteiger partial charge on any atom is 0.416 e. The van der Waals surface area contributed by atoms with Gasteiger partial charge in [-0.05, 0) is 43.4 Å². The zero-order chi connectivity index (χ0) is 21.0. The molecule has 3 fully saturated rings. The Hall–Kier alpha value is -2.36. The van der Waals surface area contributed by atoms with E-state index in [1.165, 1.54) is 11.0 Å². The second-order valence-electron chi connectivity index (χ2n) is 7.74. The van der Waals surface area contributed by atoms with Gasteiger partial charge < -0.3 is 24.8 Å². The second kappa shape index (κ2) is 6.86. The van der Waals surface area contributed by atoms with Crippen LogP contribution in [0.5, 0.6) is 5.75 Å². The van der Waals surface area contributed by atoms with Crippen LogP contribution in [0.4, 0.5) is 22.8 Å². The van der Waals surface area contributed by atoms with Crippen molar-refractivity contribution in [1.29, 1.82) is 0 Å². The van der Waals surface area contributed by atoms with Crippen molar-refractivity contribution < 1.29 is 37.3 Å². The number of likely N-dealkylation sites (tertiary alicyclic amines) is 1. The maximum atomic E-state index is 12.7. The van der Waals surface area contributed by atoms with E-state index in [1.807, 2.05) is 0 Å². The van der Waals surface area contributed by atoms with E-state index in [0.717, 1.165) is 12.1 Å². The van der Waals surface area contributed by atoms with Crippen molar-refractivity contribution in [2.45, 2.75) is 43.1 Å². The van der Waals surface area contributed by atoms with Gasteiger partial charge in [-0.1, -0.05) is 11.6 Å². The van der Waals surface area contributed by atoms with Crippen molar-refractivity contribution in [2.24, 2.45) is 5.92 Å². The van der Waals surface area contributed by atoms with Gasteiger partial charge in [0.25, 0.3) is 0 Å². The minimum Gasteiger partial charge on any atom is -0.489 e. The molecule has 29 heavy (non-hydrogen) atoms. The van der Waals surface area contributed by atoms with Gasteiger partial charge in [-0.25, -0.2) is 9.59 Å². The van der Waals surface area contributed by atoms with Gasteiger partial charge in [-0.15, -0.1) is 0 Å². The summed E-state index contributed by atoms with van der Waals surface area (Å²) in [5.41, 5.74) is -1.52. The van der Waals surface area contributed by atoms with Crippen molar-refractivity contribution in [2.75, 3.05) is 13.2 Å². The van der Waals surface area contributed by atoms with Crippen molar-refractivity contribution in [3.05, 3.63) is 28.8 Å². The molecule has 3 aliphatic rings. The third-order valence-corrected chi connectivity index (χ3v) is 6.12. The molecule has 0 aromatic heterocycles. The molecule has 1 spiro atoms. The first-order valence-corrected chi connectivity index (χ1v) is 9.43. The van der Waals surface area contributed by atoms with E-state index in [-0.39, 0.29) is 42.0 Å². The molecule has 4 rings (SSSR count). The average molecular weight is 435 g/mol. The van der Waals surface area contributed by atoms with Gasteiger partial charge in [-0.2, -0.15) is 13.2 Å². The molecule has 11 heteroatoms. The van der Waals surface area contributed by atoms with Crippen molar-refractivity contribution in [1.82, 2.24) is 10.2 Å². The minimum atomic E-state index is -4.47. The Morgan fingerprint density at radius 3 is 2.69 bits per heavy atom. The van der Waals surface area contributed by atoms with E-state index in [1.54, 1.807) is 0 Å². The van der Waals surface area contributed by atoms with E-state index in [0.29, 0.717) is 19.3 Å². The number of benzene rings is 1. The zero-order valence-corrected chi connectivity index (χ0v) is 15.8. The molecule has 0 bridgehead atoms. The number of cyclic esters (lactones) is 1. The number of carbonyl (C=O) groups excluding carboxylic acids is 1. The van der Waals surface area contributed by atoms with Crippen LogP contribution >= 0.6 is 11.6 Å². The van der Waals surface area contributed by atoms with Crippen LogP contribution in [0.25, 0.3) is 0 Å². The molecule has 2 heterocycles. The summed E-state index contributed by atoms with van der Waals surface area (Å²) in [4.78, 5) is 24.1. The Labute approximate surface area is 168 Å². The van der Waals surface area contributed by atoms with Crippen LogP contribution in [-0.2, 0) is 10.9 Å². The Balaban J connectivity index is 1.33. The maximum absolute atomic E-state index is 12.7. The van der Waals surface area contributed by atoms with Gasteiger partial charge in [0.05, 0.1) is 29.3 Å². The molecule has 158 valence electrons. The lowest BCUT2D eigenvalue weighted by molar-refractivity contribution is -0.137. The standard InChI is InChI=1S/C18H18ClF3N2O5/c19-12-6-10(18(20,21)22)1-2-13(12)29-11-3-9(4-11)5-14-17(7-24(14)16(26)27)8-28-15(25)23-17/h1-2,6,9,11,14H,3-5,7-8H2,(H,23,25)(H,26,27)/t9-,11-,14?,17?. The summed E-state index contributed by atoms with van der Waals surface area (Å²) in [6, 6.07) is 2.57. The summed E-state index contributed by atoms with van der Waals surface area (Å²) >= 11 is 5.91. The SMILES string of the molecule is O=C1NC2(CO1)CN(C(=O)O)C2C[C@H]1C[C@H](Oc2ccc(C(F)(F)F)cc2Cl)C1. The van der Waals surface area contributed by atoms with Crippen LogP contribution in [0.2, 0.25) is 5.02 Å². The van der Waals surface area contributed by atoms with Gasteiger partial charge in [0.1, 0.15) is 17.9 Å². The fraction of sp³-hybridized carbons (Fsp3) is 0.556. The molecule has 2 amide bonds. The number of carboxylic acid groups (broad SMARTS) is 1. The van der Waals surface area contributed by atoms with Crippen LogP contribution < -0.4 is 10.1 Å². The highest BCUT2D eigenvalue weighted by molar-refractivity contribution is 6.32. The smallest absolute Gasteiger partial charge is 0.416 e. The Bertz CT molecular complexity index is 845. The minimum absolute atomic E-state index is 0.107. The molecular formula is C18H18ClF3N2O5. The number of carbonyl (C=O) groups is 2. The third-order valence-electron chi connectivity index (χ3n) is 5.83. The van der Waals surface area contributed by atoms with Crippen LogP contribution in [0, 0.1) is 5.92 Å². The van der Waals surface area contributed by atoms with E-state index in [2.05, 4.69) is 5.32 Å². The summed E-state index contributed by atoms with van der Waals surface area (Å²) in [6.07, 6.45) is -4.51. The van der Waals surface area contributed by atoms with Crippen molar-refractivity contribution in [3.8, 4) is 5.75 Å². The van der Waals surface area contributed by atoms with Crippen LogP contribution in [-0.4, -0.2) is 53.0 Å². The highest BCUT2D eigenvalue weighted by Crippen LogP contribution is 2.43. The lowest BCUT2D eigenvalue weighted by Crippen LogP contribution is -2.76. The van der Waals surface area contributed by atoms with Gasteiger partial charge >= 0.3 is 18.4 Å². The quantitative estimate of drug-likeness (QED) is 0.753. The average Bonchev–Trinajstić information content (AvgIpc) is 2.98. The number of ether oxygens (including phenoxy) is 2. The topological polar surface area (TPSA) is 88.1 Å². The third kappa shape index (κ3) is 3.65. The van der Waals surface area contributed by atoms with E-state index >= 15 is 0 Å². The highest BCUT2D eigenvalue weighted by Gasteiger charge is 2.60. The molecule has 2 saturated heterocycles.